The lowest BCUT2D eigenvalue weighted by molar-refractivity contribution is -0.129. The zero-order valence-corrected chi connectivity index (χ0v) is 11.2. The minimum atomic E-state index is -0.477. The van der Waals surface area contributed by atoms with Crippen LogP contribution in [0.3, 0.4) is 0 Å². The molecule has 0 aliphatic heterocycles. The van der Waals surface area contributed by atoms with Crippen LogP contribution in [0.25, 0.3) is 0 Å². The van der Waals surface area contributed by atoms with Crippen molar-refractivity contribution in [3.05, 3.63) is 53.9 Å². The summed E-state index contributed by atoms with van der Waals surface area (Å²) in [6.45, 7) is 0. The molecule has 1 heterocycles. The molecule has 2 aromatic rings. The number of carbonyl (C=O) groups excluding carboxylic acids is 1. The van der Waals surface area contributed by atoms with Gasteiger partial charge in [0.25, 0.3) is 0 Å². The SMILES string of the molecule is COC(C(=O)CCc1ccnn1C)c1ccccc1. The van der Waals surface area contributed by atoms with Crippen LogP contribution >= 0.6 is 0 Å². The van der Waals surface area contributed by atoms with E-state index in [4.69, 9.17) is 4.74 Å². The van der Waals surface area contributed by atoms with Gasteiger partial charge in [-0.3, -0.25) is 9.48 Å². The summed E-state index contributed by atoms with van der Waals surface area (Å²) in [6, 6.07) is 11.5. The lowest BCUT2D eigenvalue weighted by Gasteiger charge is -2.14. The number of methoxy groups -OCH3 is 1. The minimum absolute atomic E-state index is 0.0925. The molecule has 0 aliphatic carbocycles. The van der Waals surface area contributed by atoms with Crippen LogP contribution in [-0.2, 0) is 23.0 Å². The predicted molar refractivity (Wildman–Crippen MR) is 72.7 cm³/mol. The van der Waals surface area contributed by atoms with E-state index in [0.717, 1.165) is 11.3 Å². The van der Waals surface area contributed by atoms with Crippen molar-refractivity contribution < 1.29 is 9.53 Å². The molecule has 4 nitrogen and oxygen atoms in total. The van der Waals surface area contributed by atoms with Gasteiger partial charge in [0.05, 0.1) is 0 Å². The van der Waals surface area contributed by atoms with E-state index >= 15 is 0 Å². The number of nitrogens with zero attached hydrogens (tertiary/aromatic N) is 2. The van der Waals surface area contributed by atoms with E-state index in [1.807, 2.05) is 43.4 Å². The smallest absolute Gasteiger partial charge is 0.166 e. The van der Waals surface area contributed by atoms with Crippen molar-refractivity contribution in [1.29, 1.82) is 0 Å². The Bertz CT molecular complexity index is 534. The fourth-order valence-corrected chi connectivity index (χ4v) is 2.11. The summed E-state index contributed by atoms with van der Waals surface area (Å²) >= 11 is 0. The van der Waals surface area contributed by atoms with E-state index in [-0.39, 0.29) is 5.78 Å². The highest BCUT2D eigenvalue weighted by atomic mass is 16.5. The molecule has 100 valence electrons. The Morgan fingerprint density at radius 2 is 2.05 bits per heavy atom. The fraction of sp³-hybridized carbons (Fsp3) is 0.333. The summed E-state index contributed by atoms with van der Waals surface area (Å²) in [5.41, 5.74) is 1.95. The summed E-state index contributed by atoms with van der Waals surface area (Å²) in [7, 11) is 3.45. The summed E-state index contributed by atoms with van der Waals surface area (Å²) in [5, 5.41) is 4.09. The number of ketones is 1. The fourth-order valence-electron chi connectivity index (χ4n) is 2.11. The van der Waals surface area contributed by atoms with Crippen molar-refractivity contribution in [2.45, 2.75) is 18.9 Å². The molecule has 0 saturated carbocycles. The van der Waals surface area contributed by atoms with Gasteiger partial charge < -0.3 is 4.74 Å². The average Bonchev–Trinajstić information content (AvgIpc) is 2.84. The van der Waals surface area contributed by atoms with Crippen molar-refractivity contribution in [3.63, 3.8) is 0 Å². The number of ether oxygens (including phenoxy) is 1. The first-order valence-corrected chi connectivity index (χ1v) is 6.29. The number of aryl methyl sites for hydroxylation is 2. The highest BCUT2D eigenvalue weighted by molar-refractivity contribution is 5.84. The van der Waals surface area contributed by atoms with Crippen LogP contribution < -0.4 is 0 Å². The van der Waals surface area contributed by atoms with Crippen molar-refractivity contribution in [3.8, 4) is 0 Å². The summed E-state index contributed by atoms with van der Waals surface area (Å²) < 4.78 is 7.12. The number of benzene rings is 1. The second-order valence-electron chi connectivity index (χ2n) is 4.44. The molecule has 4 heteroatoms. The Labute approximate surface area is 113 Å². The number of carbonyl (C=O) groups is 1. The second-order valence-corrected chi connectivity index (χ2v) is 4.44. The van der Waals surface area contributed by atoms with Crippen LogP contribution in [0.5, 0.6) is 0 Å². The van der Waals surface area contributed by atoms with Gasteiger partial charge in [-0.2, -0.15) is 5.10 Å². The Morgan fingerprint density at radius 1 is 1.32 bits per heavy atom. The predicted octanol–water partition coefficient (Wildman–Crippen LogP) is 2.31. The Balaban J connectivity index is 2.00. The molecule has 0 radical (unpaired) electrons. The standard InChI is InChI=1S/C15H18N2O2/c1-17-13(10-11-16-17)8-9-14(18)15(19-2)12-6-4-3-5-7-12/h3-7,10-11,15H,8-9H2,1-2H3. The minimum Gasteiger partial charge on any atom is -0.369 e. The summed E-state index contributed by atoms with van der Waals surface area (Å²) in [4.78, 5) is 12.2. The van der Waals surface area contributed by atoms with Gasteiger partial charge in [-0.15, -0.1) is 0 Å². The molecule has 1 aromatic carbocycles. The molecule has 1 unspecified atom stereocenters. The monoisotopic (exact) mass is 258 g/mol. The maximum absolute atomic E-state index is 12.2. The van der Waals surface area contributed by atoms with E-state index in [1.165, 1.54) is 0 Å². The van der Waals surface area contributed by atoms with E-state index in [0.29, 0.717) is 12.8 Å². The summed E-state index contributed by atoms with van der Waals surface area (Å²) in [5.74, 6) is 0.0925. The lowest BCUT2D eigenvalue weighted by atomic mass is 10.0. The van der Waals surface area contributed by atoms with Crippen LogP contribution in [0.1, 0.15) is 23.8 Å². The third-order valence-electron chi connectivity index (χ3n) is 3.18. The van der Waals surface area contributed by atoms with Gasteiger partial charge in [0, 0.05) is 32.5 Å². The first-order chi connectivity index (χ1) is 9.22. The second kappa shape index (κ2) is 6.29. The van der Waals surface area contributed by atoms with Gasteiger partial charge in [0.15, 0.2) is 5.78 Å². The number of Topliss-reactive ketones (excluding diaryl/α,β-unsaturated/α-hetero) is 1. The van der Waals surface area contributed by atoms with Crippen LogP contribution in [-0.4, -0.2) is 22.7 Å². The van der Waals surface area contributed by atoms with Gasteiger partial charge in [-0.1, -0.05) is 30.3 Å². The van der Waals surface area contributed by atoms with Gasteiger partial charge in [0.2, 0.25) is 0 Å². The quantitative estimate of drug-likeness (QED) is 0.798. The molecule has 0 aliphatic rings. The maximum Gasteiger partial charge on any atom is 0.166 e. The van der Waals surface area contributed by atoms with Crippen LogP contribution in [0.4, 0.5) is 0 Å². The molecule has 0 fully saturated rings. The van der Waals surface area contributed by atoms with Crippen LogP contribution in [0.2, 0.25) is 0 Å². The van der Waals surface area contributed by atoms with E-state index in [1.54, 1.807) is 18.0 Å². The van der Waals surface area contributed by atoms with Crippen LogP contribution in [0.15, 0.2) is 42.6 Å². The molecular formula is C15H18N2O2. The van der Waals surface area contributed by atoms with Gasteiger partial charge in [0.1, 0.15) is 6.10 Å². The third-order valence-corrected chi connectivity index (χ3v) is 3.18. The Hall–Kier alpha value is -1.94. The molecular weight excluding hydrogens is 240 g/mol. The van der Waals surface area contributed by atoms with Crippen molar-refractivity contribution in [2.24, 2.45) is 7.05 Å². The lowest BCUT2D eigenvalue weighted by Crippen LogP contribution is -2.15. The van der Waals surface area contributed by atoms with Gasteiger partial charge >= 0.3 is 0 Å². The highest BCUT2D eigenvalue weighted by Crippen LogP contribution is 2.19. The van der Waals surface area contributed by atoms with Gasteiger partial charge in [-0.05, 0) is 18.1 Å². The first-order valence-electron chi connectivity index (χ1n) is 6.29. The Morgan fingerprint density at radius 3 is 2.63 bits per heavy atom. The number of rotatable bonds is 6. The molecule has 1 aromatic heterocycles. The average molecular weight is 258 g/mol. The van der Waals surface area contributed by atoms with E-state index in [9.17, 15) is 4.79 Å². The molecule has 0 amide bonds. The van der Waals surface area contributed by atoms with Crippen molar-refractivity contribution in [2.75, 3.05) is 7.11 Å². The first kappa shape index (κ1) is 13.5. The molecule has 0 bridgehead atoms. The maximum atomic E-state index is 12.2. The van der Waals surface area contributed by atoms with E-state index in [2.05, 4.69) is 5.10 Å². The number of hydrogen-bond acceptors (Lipinski definition) is 3. The largest absolute Gasteiger partial charge is 0.369 e. The number of hydrogen-bond donors (Lipinski definition) is 0. The van der Waals surface area contributed by atoms with Gasteiger partial charge in [-0.25, -0.2) is 0 Å². The number of aromatic nitrogens is 2. The highest BCUT2D eigenvalue weighted by Gasteiger charge is 2.19. The molecule has 0 saturated heterocycles. The molecule has 2 rings (SSSR count). The topological polar surface area (TPSA) is 44.1 Å². The zero-order chi connectivity index (χ0) is 13.7. The summed E-state index contributed by atoms with van der Waals surface area (Å²) in [6.07, 6.45) is 2.40. The van der Waals surface area contributed by atoms with Crippen LogP contribution in [0, 0.1) is 0 Å². The Kier molecular flexibility index (Phi) is 4.47. The van der Waals surface area contributed by atoms with E-state index < -0.39 is 6.10 Å². The van der Waals surface area contributed by atoms with Crippen molar-refractivity contribution in [1.82, 2.24) is 9.78 Å². The molecule has 1 atom stereocenters. The normalized spacial score (nSPS) is 12.3. The third kappa shape index (κ3) is 3.29. The molecule has 0 spiro atoms. The van der Waals surface area contributed by atoms with Crippen molar-refractivity contribution >= 4 is 5.78 Å². The zero-order valence-electron chi connectivity index (χ0n) is 11.2. The molecule has 0 N–H and O–H groups in total. The molecule has 19 heavy (non-hydrogen) atoms.